The van der Waals surface area contributed by atoms with Gasteiger partial charge >= 0.3 is 5.92 Å². The normalized spacial score (nSPS) is 26.2. The smallest absolute Gasteiger partial charge is 0.352 e. The molecule has 1 saturated carbocycles. The topological polar surface area (TPSA) is 96.4 Å². The first-order valence-electron chi connectivity index (χ1n) is 8.44. The van der Waals surface area contributed by atoms with Crippen molar-refractivity contribution in [3.63, 3.8) is 0 Å². The fraction of sp³-hybridized carbons (Fsp3) is 0.688. The Hall–Kier alpha value is -1.87. The first kappa shape index (κ1) is 17.9. The summed E-state index contributed by atoms with van der Waals surface area (Å²) in [5, 5.41) is 15.6. The van der Waals surface area contributed by atoms with Crippen LogP contribution in [0.5, 0.6) is 0 Å². The number of amides is 1. The molecule has 25 heavy (non-hydrogen) atoms. The minimum Gasteiger partial charge on any atom is -0.383 e. The van der Waals surface area contributed by atoms with Crippen LogP contribution in [0, 0.1) is 0 Å². The second-order valence-corrected chi connectivity index (χ2v) is 6.60. The van der Waals surface area contributed by atoms with Gasteiger partial charge in [-0.05, 0) is 25.3 Å². The van der Waals surface area contributed by atoms with Crippen LogP contribution >= 0.6 is 0 Å². The number of halogens is 2. The second-order valence-electron chi connectivity index (χ2n) is 6.60. The van der Waals surface area contributed by atoms with E-state index >= 15 is 0 Å². The maximum Gasteiger partial charge on any atom is 0.352 e. The molecule has 7 nitrogen and oxygen atoms in total. The summed E-state index contributed by atoms with van der Waals surface area (Å²) in [6.45, 7) is 0.619. The number of alkyl halides is 2. The number of ether oxygens (including phenoxy) is 1. The number of anilines is 1. The maximum atomic E-state index is 14.5. The van der Waals surface area contributed by atoms with E-state index in [1.807, 2.05) is 0 Å². The van der Waals surface area contributed by atoms with Crippen LogP contribution in [0.15, 0.2) is 18.6 Å². The van der Waals surface area contributed by atoms with E-state index in [0.717, 1.165) is 0 Å². The van der Waals surface area contributed by atoms with E-state index in [1.54, 1.807) is 12.3 Å². The molecule has 1 saturated heterocycles. The average Bonchev–Trinajstić information content (AvgIpc) is 3.06. The Kier molecular flexibility index (Phi) is 5.14. The van der Waals surface area contributed by atoms with Crippen molar-refractivity contribution in [1.82, 2.24) is 15.3 Å². The summed E-state index contributed by atoms with van der Waals surface area (Å²) in [7, 11) is 0. The highest BCUT2D eigenvalue weighted by Gasteiger charge is 2.59. The minimum absolute atomic E-state index is 0.0657. The Bertz CT molecular complexity index is 596. The molecule has 1 aliphatic heterocycles. The van der Waals surface area contributed by atoms with Crippen molar-refractivity contribution in [2.24, 2.45) is 0 Å². The molecule has 0 radical (unpaired) electrons. The molecule has 1 amide bonds. The molecule has 0 bridgehead atoms. The summed E-state index contributed by atoms with van der Waals surface area (Å²) in [6.07, 6.45) is 4.17. The molecule has 2 atom stereocenters. The summed E-state index contributed by atoms with van der Waals surface area (Å²) in [6, 6.07) is 0.692. The highest BCUT2D eigenvalue weighted by molar-refractivity contribution is 5.85. The quantitative estimate of drug-likeness (QED) is 0.731. The molecular formula is C16H22F2N4O3. The summed E-state index contributed by atoms with van der Waals surface area (Å²) in [5.41, 5.74) is -2.25. The zero-order valence-electron chi connectivity index (χ0n) is 13.8. The fourth-order valence-electron chi connectivity index (χ4n) is 3.36. The number of carbonyl (C=O) groups excluding carboxylic acids is 1. The van der Waals surface area contributed by atoms with E-state index in [0.29, 0.717) is 31.7 Å². The summed E-state index contributed by atoms with van der Waals surface area (Å²) >= 11 is 0. The van der Waals surface area contributed by atoms with Crippen LogP contribution in [0.2, 0.25) is 0 Å². The van der Waals surface area contributed by atoms with E-state index < -0.39 is 29.5 Å². The first-order chi connectivity index (χ1) is 11.9. The molecule has 0 unspecified atom stereocenters. The zero-order chi connectivity index (χ0) is 17.9. The fourth-order valence-corrected chi connectivity index (χ4v) is 3.36. The Morgan fingerprint density at radius 1 is 1.36 bits per heavy atom. The van der Waals surface area contributed by atoms with Gasteiger partial charge in [-0.1, -0.05) is 12.8 Å². The average molecular weight is 356 g/mol. The van der Waals surface area contributed by atoms with E-state index in [4.69, 9.17) is 4.74 Å². The minimum atomic E-state index is -3.82. The maximum absolute atomic E-state index is 14.5. The number of rotatable bonds is 5. The molecule has 138 valence electrons. The van der Waals surface area contributed by atoms with Gasteiger partial charge in [0.15, 0.2) is 0 Å². The van der Waals surface area contributed by atoms with Gasteiger partial charge < -0.3 is 20.5 Å². The molecule has 2 heterocycles. The lowest BCUT2D eigenvalue weighted by Crippen LogP contribution is -2.61. The lowest BCUT2D eigenvalue weighted by molar-refractivity contribution is -0.191. The van der Waals surface area contributed by atoms with Crippen LogP contribution in [-0.2, 0) is 9.53 Å². The third kappa shape index (κ3) is 3.72. The third-order valence-electron chi connectivity index (χ3n) is 4.89. The van der Waals surface area contributed by atoms with E-state index in [-0.39, 0.29) is 19.4 Å². The number of hydrogen-bond acceptors (Lipinski definition) is 6. The number of aliphatic hydroxyl groups is 1. The van der Waals surface area contributed by atoms with Crippen LogP contribution in [0.1, 0.15) is 32.1 Å². The van der Waals surface area contributed by atoms with Crippen LogP contribution in [0.25, 0.3) is 0 Å². The first-order valence-corrected chi connectivity index (χ1v) is 8.44. The number of hydrogen-bond donors (Lipinski definition) is 3. The molecule has 0 aromatic carbocycles. The molecular weight excluding hydrogens is 334 g/mol. The number of carbonyl (C=O) groups is 1. The van der Waals surface area contributed by atoms with Crippen LogP contribution in [-0.4, -0.2) is 57.8 Å². The second kappa shape index (κ2) is 7.17. The van der Waals surface area contributed by atoms with Gasteiger partial charge in [-0.3, -0.25) is 4.79 Å². The van der Waals surface area contributed by atoms with Gasteiger partial charge in [-0.15, -0.1) is 0 Å². The highest BCUT2D eigenvalue weighted by Crippen LogP contribution is 2.42. The van der Waals surface area contributed by atoms with Gasteiger partial charge in [0, 0.05) is 12.8 Å². The number of nitrogens with one attached hydrogen (secondary N) is 2. The molecule has 1 aromatic heterocycles. The highest BCUT2D eigenvalue weighted by atomic mass is 19.3. The standard InChI is InChI=1S/C16H22F2N4O3/c17-16(18,15(24)5-1-2-6-15)14(23)22-11-4-8-25-9-12(11)21-13-3-7-19-10-20-13/h3,7,10-12,24H,1-2,4-6,8-9H2,(H,22,23)(H,19,20,21)/t11-,12+/m0/s1. The third-order valence-corrected chi connectivity index (χ3v) is 4.89. The van der Waals surface area contributed by atoms with Crippen molar-refractivity contribution in [2.45, 2.75) is 55.7 Å². The molecule has 9 heteroatoms. The van der Waals surface area contributed by atoms with Gasteiger partial charge in [0.05, 0.1) is 18.7 Å². The molecule has 3 N–H and O–H groups in total. The van der Waals surface area contributed by atoms with Crippen molar-refractivity contribution in [2.75, 3.05) is 18.5 Å². The molecule has 1 aromatic rings. The van der Waals surface area contributed by atoms with Gasteiger partial charge in [0.2, 0.25) is 0 Å². The SMILES string of the molecule is O=C(N[C@H]1CCOC[C@H]1Nc1ccncn1)C(F)(F)C1(O)CCCC1. The monoisotopic (exact) mass is 356 g/mol. The number of aromatic nitrogens is 2. The van der Waals surface area contributed by atoms with Gasteiger partial charge in [-0.25, -0.2) is 9.97 Å². The zero-order valence-corrected chi connectivity index (χ0v) is 13.8. The Morgan fingerprint density at radius 3 is 2.80 bits per heavy atom. The van der Waals surface area contributed by atoms with Crippen molar-refractivity contribution in [1.29, 1.82) is 0 Å². The molecule has 0 spiro atoms. The molecule has 2 fully saturated rings. The van der Waals surface area contributed by atoms with Gasteiger partial charge in [0.1, 0.15) is 17.7 Å². The lowest BCUT2D eigenvalue weighted by atomic mass is 9.92. The summed E-state index contributed by atoms with van der Waals surface area (Å²) < 4.78 is 34.3. The predicted molar refractivity (Wildman–Crippen MR) is 85.2 cm³/mol. The van der Waals surface area contributed by atoms with Gasteiger partial charge in [-0.2, -0.15) is 8.78 Å². The van der Waals surface area contributed by atoms with Crippen LogP contribution in [0.4, 0.5) is 14.6 Å². The Balaban J connectivity index is 1.67. The Morgan fingerprint density at radius 2 is 2.12 bits per heavy atom. The largest absolute Gasteiger partial charge is 0.383 e. The molecule has 1 aliphatic carbocycles. The van der Waals surface area contributed by atoms with Crippen molar-refractivity contribution < 1.29 is 23.4 Å². The van der Waals surface area contributed by atoms with Crippen LogP contribution in [0.3, 0.4) is 0 Å². The Labute approximate surface area is 144 Å². The van der Waals surface area contributed by atoms with E-state index in [9.17, 15) is 18.7 Å². The molecule has 2 aliphatic rings. The summed E-state index contributed by atoms with van der Waals surface area (Å²) in [5.74, 6) is -4.73. The van der Waals surface area contributed by atoms with Crippen molar-refractivity contribution >= 4 is 11.7 Å². The van der Waals surface area contributed by atoms with Crippen LogP contribution < -0.4 is 10.6 Å². The van der Waals surface area contributed by atoms with Crippen molar-refractivity contribution in [3.8, 4) is 0 Å². The predicted octanol–water partition coefficient (Wildman–Crippen LogP) is 1.10. The summed E-state index contributed by atoms with van der Waals surface area (Å²) in [4.78, 5) is 20.0. The van der Waals surface area contributed by atoms with E-state index in [1.165, 1.54) is 6.33 Å². The molecule has 3 rings (SSSR count). The van der Waals surface area contributed by atoms with E-state index in [2.05, 4.69) is 20.6 Å². The lowest BCUT2D eigenvalue weighted by Gasteiger charge is -2.36. The van der Waals surface area contributed by atoms with Crippen molar-refractivity contribution in [3.05, 3.63) is 18.6 Å². The number of nitrogens with zero attached hydrogens (tertiary/aromatic N) is 2. The van der Waals surface area contributed by atoms with Gasteiger partial charge in [0.25, 0.3) is 5.91 Å².